The van der Waals surface area contributed by atoms with Crippen LogP contribution < -0.4 is 5.73 Å². The Labute approximate surface area is 131 Å². The molecule has 1 saturated heterocycles. The summed E-state index contributed by atoms with van der Waals surface area (Å²) < 4.78 is 5.69. The molecule has 5 heteroatoms. The Morgan fingerprint density at radius 2 is 2.33 bits per heavy atom. The van der Waals surface area contributed by atoms with E-state index in [0.717, 1.165) is 19.4 Å². The molecule has 1 aromatic rings. The fraction of sp³-hybridized carbons (Fsp3) is 0.688. The molecule has 0 saturated carbocycles. The van der Waals surface area contributed by atoms with Gasteiger partial charge in [0.1, 0.15) is 0 Å². The summed E-state index contributed by atoms with van der Waals surface area (Å²) in [5, 5.41) is 2.04. The van der Waals surface area contributed by atoms with E-state index in [0.29, 0.717) is 13.1 Å². The van der Waals surface area contributed by atoms with E-state index in [1.54, 1.807) is 11.3 Å². The van der Waals surface area contributed by atoms with Gasteiger partial charge >= 0.3 is 0 Å². The minimum absolute atomic E-state index is 0.0198. The summed E-state index contributed by atoms with van der Waals surface area (Å²) in [6.07, 6.45) is 2.26. The Morgan fingerprint density at radius 1 is 1.57 bits per heavy atom. The molecule has 2 heterocycles. The number of thiophene rings is 1. The van der Waals surface area contributed by atoms with Crippen molar-refractivity contribution < 1.29 is 9.53 Å². The standard InChI is InChI=1S/C16H26N2O2S/c1-16(2,3)14(17)15(19)18(10-12-6-4-8-20-12)11-13-7-5-9-21-13/h5,7,9,12,14H,4,6,8,10-11,17H2,1-3H3/t12?,14-/m1/s1. The molecule has 0 aliphatic carbocycles. The fourth-order valence-corrected chi connectivity index (χ4v) is 3.14. The van der Waals surface area contributed by atoms with E-state index in [1.165, 1.54) is 4.88 Å². The Morgan fingerprint density at radius 3 is 2.86 bits per heavy atom. The van der Waals surface area contributed by atoms with Gasteiger partial charge in [-0.1, -0.05) is 26.8 Å². The zero-order valence-corrected chi connectivity index (χ0v) is 14.0. The molecule has 118 valence electrons. The third-order valence-electron chi connectivity index (χ3n) is 3.89. The number of nitrogens with zero attached hydrogens (tertiary/aromatic N) is 1. The quantitative estimate of drug-likeness (QED) is 0.909. The van der Waals surface area contributed by atoms with Gasteiger partial charge < -0.3 is 15.4 Å². The average Bonchev–Trinajstić information content (AvgIpc) is 3.08. The monoisotopic (exact) mass is 310 g/mol. The van der Waals surface area contributed by atoms with Crippen molar-refractivity contribution >= 4 is 17.2 Å². The van der Waals surface area contributed by atoms with Gasteiger partial charge in [-0.05, 0) is 29.7 Å². The molecule has 0 radical (unpaired) electrons. The molecule has 2 atom stereocenters. The summed E-state index contributed by atoms with van der Waals surface area (Å²) >= 11 is 1.67. The summed E-state index contributed by atoms with van der Waals surface area (Å²) in [4.78, 5) is 15.8. The van der Waals surface area contributed by atoms with Gasteiger partial charge in [-0.25, -0.2) is 0 Å². The topological polar surface area (TPSA) is 55.6 Å². The van der Waals surface area contributed by atoms with Gasteiger partial charge in [-0.2, -0.15) is 0 Å². The first-order chi connectivity index (χ1) is 9.88. The van der Waals surface area contributed by atoms with Crippen molar-refractivity contribution in [2.24, 2.45) is 11.1 Å². The molecule has 2 rings (SSSR count). The van der Waals surface area contributed by atoms with Crippen molar-refractivity contribution in [3.63, 3.8) is 0 Å². The maximum absolute atomic E-state index is 12.8. The molecule has 2 N–H and O–H groups in total. The van der Waals surface area contributed by atoms with Crippen molar-refractivity contribution in [2.45, 2.75) is 52.3 Å². The molecule has 0 bridgehead atoms. The van der Waals surface area contributed by atoms with Gasteiger partial charge in [0.2, 0.25) is 5.91 Å². The lowest BCUT2D eigenvalue weighted by molar-refractivity contribution is -0.137. The zero-order chi connectivity index (χ0) is 15.5. The van der Waals surface area contributed by atoms with Crippen LogP contribution >= 0.6 is 11.3 Å². The molecule has 21 heavy (non-hydrogen) atoms. The van der Waals surface area contributed by atoms with E-state index in [-0.39, 0.29) is 17.4 Å². The highest BCUT2D eigenvalue weighted by Gasteiger charge is 2.32. The van der Waals surface area contributed by atoms with Crippen molar-refractivity contribution in [3.05, 3.63) is 22.4 Å². The molecule has 4 nitrogen and oxygen atoms in total. The number of carbonyl (C=O) groups excluding carboxylic acids is 1. The van der Waals surface area contributed by atoms with Gasteiger partial charge in [-0.15, -0.1) is 11.3 Å². The van der Waals surface area contributed by atoms with Gasteiger partial charge in [0, 0.05) is 18.0 Å². The zero-order valence-electron chi connectivity index (χ0n) is 13.2. The third kappa shape index (κ3) is 4.53. The summed E-state index contributed by atoms with van der Waals surface area (Å²) in [6, 6.07) is 3.58. The van der Waals surface area contributed by atoms with Crippen molar-refractivity contribution in [2.75, 3.05) is 13.2 Å². The number of hydrogen-bond donors (Lipinski definition) is 1. The first-order valence-corrected chi connectivity index (χ1v) is 8.44. The van der Waals surface area contributed by atoms with Crippen molar-refractivity contribution in [1.82, 2.24) is 4.90 Å². The lowest BCUT2D eigenvalue weighted by Crippen LogP contribution is -2.51. The molecular formula is C16H26N2O2S. The SMILES string of the molecule is CC(C)(C)[C@H](N)C(=O)N(Cc1cccs1)CC1CCCO1. The van der Waals surface area contributed by atoms with E-state index in [9.17, 15) is 4.79 Å². The smallest absolute Gasteiger partial charge is 0.240 e. The Hall–Kier alpha value is -0.910. The summed E-state index contributed by atoms with van der Waals surface area (Å²) in [7, 11) is 0. The highest BCUT2D eigenvalue weighted by molar-refractivity contribution is 7.09. The second-order valence-corrected chi connectivity index (χ2v) is 7.81. The van der Waals surface area contributed by atoms with E-state index in [1.807, 2.05) is 37.1 Å². The largest absolute Gasteiger partial charge is 0.376 e. The van der Waals surface area contributed by atoms with Crippen LogP contribution in [0.2, 0.25) is 0 Å². The van der Waals surface area contributed by atoms with E-state index in [2.05, 4.69) is 6.07 Å². The average molecular weight is 310 g/mol. The highest BCUT2D eigenvalue weighted by Crippen LogP contribution is 2.22. The maximum Gasteiger partial charge on any atom is 0.240 e. The fourth-order valence-electron chi connectivity index (χ4n) is 2.42. The van der Waals surface area contributed by atoms with Crippen LogP contribution in [0.15, 0.2) is 17.5 Å². The highest BCUT2D eigenvalue weighted by atomic mass is 32.1. The van der Waals surface area contributed by atoms with Gasteiger partial charge in [0.05, 0.1) is 18.7 Å². The summed E-state index contributed by atoms with van der Waals surface area (Å²) in [6.45, 7) is 8.08. The van der Waals surface area contributed by atoms with E-state index in [4.69, 9.17) is 10.5 Å². The van der Waals surface area contributed by atoms with Crippen LogP contribution in [0.5, 0.6) is 0 Å². The maximum atomic E-state index is 12.8. The molecule has 1 aromatic heterocycles. The molecule has 1 aliphatic heterocycles. The Bertz CT molecular complexity index is 447. The first kappa shape index (κ1) is 16.5. The molecule has 0 aromatic carbocycles. The van der Waals surface area contributed by atoms with E-state index < -0.39 is 6.04 Å². The van der Waals surface area contributed by atoms with Crippen LogP contribution in [0.4, 0.5) is 0 Å². The Balaban J connectivity index is 2.08. The summed E-state index contributed by atoms with van der Waals surface area (Å²) in [5.74, 6) is 0.0198. The third-order valence-corrected chi connectivity index (χ3v) is 4.75. The lowest BCUT2D eigenvalue weighted by Gasteiger charge is -2.33. The van der Waals surface area contributed by atoms with Crippen LogP contribution in [-0.2, 0) is 16.1 Å². The number of hydrogen-bond acceptors (Lipinski definition) is 4. The number of carbonyl (C=O) groups is 1. The van der Waals surface area contributed by atoms with Crippen molar-refractivity contribution in [1.29, 1.82) is 0 Å². The molecule has 1 aliphatic rings. The normalized spacial score (nSPS) is 20.5. The lowest BCUT2D eigenvalue weighted by atomic mass is 9.86. The molecule has 1 amide bonds. The van der Waals surface area contributed by atoms with Crippen LogP contribution in [0.1, 0.15) is 38.5 Å². The number of rotatable bonds is 5. The van der Waals surface area contributed by atoms with Crippen molar-refractivity contribution in [3.8, 4) is 0 Å². The molecular weight excluding hydrogens is 284 g/mol. The van der Waals surface area contributed by atoms with Crippen LogP contribution in [0.25, 0.3) is 0 Å². The van der Waals surface area contributed by atoms with Crippen LogP contribution in [0.3, 0.4) is 0 Å². The second kappa shape index (κ2) is 6.90. The molecule has 0 spiro atoms. The van der Waals surface area contributed by atoms with Gasteiger partial charge in [0.15, 0.2) is 0 Å². The Kier molecular flexibility index (Phi) is 5.41. The molecule has 1 unspecified atom stereocenters. The summed E-state index contributed by atoms with van der Waals surface area (Å²) in [5.41, 5.74) is 5.93. The van der Waals surface area contributed by atoms with Crippen LogP contribution in [0, 0.1) is 5.41 Å². The predicted octanol–water partition coefficient (Wildman–Crippen LogP) is 2.63. The van der Waals surface area contributed by atoms with Gasteiger partial charge in [0.25, 0.3) is 0 Å². The van der Waals surface area contributed by atoms with E-state index >= 15 is 0 Å². The molecule has 1 fully saturated rings. The van der Waals surface area contributed by atoms with Crippen LogP contribution in [-0.4, -0.2) is 36.1 Å². The predicted molar refractivity (Wildman–Crippen MR) is 86.1 cm³/mol. The minimum Gasteiger partial charge on any atom is -0.376 e. The first-order valence-electron chi connectivity index (χ1n) is 7.56. The second-order valence-electron chi connectivity index (χ2n) is 6.78. The number of nitrogens with two attached hydrogens (primary N) is 1. The number of amides is 1. The van der Waals surface area contributed by atoms with Gasteiger partial charge in [-0.3, -0.25) is 4.79 Å². The minimum atomic E-state index is -0.487. The number of ether oxygens (including phenoxy) is 1.